The molecule has 0 bridgehead atoms. The first-order chi connectivity index (χ1) is 6.38. The minimum Gasteiger partial charge on any atom is -0.387 e. The molecule has 0 heterocycles. The summed E-state index contributed by atoms with van der Waals surface area (Å²) in [5.74, 6) is -0.691. The molecule has 1 rings (SSSR count). The molecule has 0 saturated heterocycles. The third-order valence-electron chi connectivity index (χ3n) is 1.60. The molecule has 1 atom stereocenters. The maximum Gasteiger partial charge on any atom is 0.267 e. The van der Waals surface area contributed by atoms with Crippen molar-refractivity contribution in [1.82, 2.24) is 0 Å². The highest BCUT2D eigenvalue weighted by atomic mass is 79.9. The zero-order valence-electron chi connectivity index (χ0n) is 7.09. The molecular formula is C8H9BrO4S. The second kappa shape index (κ2) is 4.39. The summed E-state index contributed by atoms with van der Waals surface area (Å²) in [5.41, 5.74) is 0.442. The van der Waals surface area contributed by atoms with E-state index in [1.165, 1.54) is 0 Å². The fourth-order valence-corrected chi connectivity index (χ4v) is 2.02. The molecule has 1 aromatic carbocycles. The standard InChI is InChI=1S/C8H9BrO4S/c9-7-3-1-2-6(4-7)8(10)5-14(11,12)13/h1-4,8,10H,5H2,(H,11,12,13). The molecule has 1 unspecified atom stereocenters. The quantitative estimate of drug-likeness (QED) is 0.821. The van der Waals surface area contributed by atoms with E-state index in [0.717, 1.165) is 4.47 Å². The first kappa shape index (κ1) is 11.6. The van der Waals surface area contributed by atoms with E-state index in [1.807, 2.05) is 0 Å². The lowest BCUT2D eigenvalue weighted by Crippen LogP contribution is -2.13. The average molecular weight is 281 g/mol. The summed E-state index contributed by atoms with van der Waals surface area (Å²) in [4.78, 5) is 0. The lowest BCUT2D eigenvalue weighted by Gasteiger charge is -2.08. The fraction of sp³-hybridized carbons (Fsp3) is 0.250. The molecule has 4 nitrogen and oxygen atoms in total. The summed E-state index contributed by atoms with van der Waals surface area (Å²) >= 11 is 3.19. The third kappa shape index (κ3) is 3.75. The van der Waals surface area contributed by atoms with Gasteiger partial charge < -0.3 is 5.11 Å². The fourth-order valence-electron chi connectivity index (χ4n) is 1.01. The van der Waals surface area contributed by atoms with Crippen LogP contribution < -0.4 is 0 Å². The number of halogens is 1. The van der Waals surface area contributed by atoms with E-state index < -0.39 is 22.0 Å². The molecule has 2 N–H and O–H groups in total. The number of hydrogen-bond donors (Lipinski definition) is 2. The number of aliphatic hydroxyl groups is 1. The maximum atomic E-state index is 10.5. The van der Waals surface area contributed by atoms with Crippen LogP contribution in [-0.2, 0) is 10.1 Å². The van der Waals surface area contributed by atoms with E-state index in [0.29, 0.717) is 5.56 Å². The van der Waals surface area contributed by atoms with Crippen LogP contribution in [0, 0.1) is 0 Å². The van der Waals surface area contributed by atoms with Gasteiger partial charge in [0.15, 0.2) is 0 Å². The van der Waals surface area contributed by atoms with Crippen molar-refractivity contribution in [3.05, 3.63) is 34.3 Å². The Kier molecular flexibility index (Phi) is 3.65. The Hall–Kier alpha value is -0.430. The van der Waals surface area contributed by atoms with Crippen molar-refractivity contribution in [2.24, 2.45) is 0 Å². The predicted molar refractivity (Wildman–Crippen MR) is 55.5 cm³/mol. The molecular weight excluding hydrogens is 272 g/mol. The Balaban J connectivity index is 2.85. The Morgan fingerprint density at radius 2 is 2.07 bits per heavy atom. The molecule has 78 valence electrons. The van der Waals surface area contributed by atoms with Crippen molar-refractivity contribution in [2.45, 2.75) is 6.10 Å². The Morgan fingerprint density at radius 3 is 2.57 bits per heavy atom. The number of aliphatic hydroxyl groups excluding tert-OH is 1. The molecule has 0 saturated carbocycles. The second-order valence-corrected chi connectivity index (χ2v) is 5.23. The van der Waals surface area contributed by atoms with Gasteiger partial charge in [-0.2, -0.15) is 8.42 Å². The van der Waals surface area contributed by atoms with Crippen LogP contribution in [0.25, 0.3) is 0 Å². The first-order valence-corrected chi connectivity index (χ1v) is 6.17. The summed E-state index contributed by atoms with van der Waals surface area (Å²) in [5, 5.41) is 9.42. The molecule has 0 aliphatic heterocycles. The van der Waals surface area contributed by atoms with Crippen LogP contribution >= 0.6 is 15.9 Å². The number of rotatable bonds is 3. The van der Waals surface area contributed by atoms with E-state index in [4.69, 9.17) is 4.55 Å². The molecule has 14 heavy (non-hydrogen) atoms. The van der Waals surface area contributed by atoms with Crippen molar-refractivity contribution in [2.75, 3.05) is 5.75 Å². The summed E-state index contributed by atoms with van der Waals surface area (Å²) in [7, 11) is -4.15. The Labute approximate surface area is 90.5 Å². The van der Waals surface area contributed by atoms with Gasteiger partial charge >= 0.3 is 0 Å². The van der Waals surface area contributed by atoms with Crippen molar-refractivity contribution < 1.29 is 18.1 Å². The zero-order chi connectivity index (χ0) is 10.8. The smallest absolute Gasteiger partial charge is 0.267 e. The van der Waals surface area contributed by atoms with Crippen LogP contribution in [0.3, 0.4) is 0 Å². The van der Waals surface area contributed by atoms with Gasteiger partial charge in [0.2, 0.25) is 0 Å². The molecule has 0 spiro atoms. The molecule has 0 amide bonds. The minimum absolute atomic E-state index is 0.442. The molecule has 1 aromatic rings. The van der Waals surface area contributed by atoms with Gasteiger partial charge in [-0.25, -0.2) is 0 Å². The van der Waals surface area contributed by atoms with E-state index >= 15 is 0 Å². The van der Waals surface area contributed by atoms with Crippen molar-refractivity contribution in [3.8, 4) is 0 Å². The molecule has 0 aliphatic carbocycles. The third-order valence-corrected chi connectivity index (χ3v) is 2.83. The topological polar surface area (TPSA) is 74.6 Å². The van der Waals surface area contributed by atoms with Crippen LogP contribution in [0.4, 0.5) is 0 Å². The lowest BCUT2D eigenvalue weighted by atomic mass is 10.1. The van der Waals surface area contributed by atoms with Crippen LogP contribution in [0.15, 0.2) is 28.7 Å². The summed E-state index contributed by atoms with van der Waals surface area (Å²) in [6, 6.07) is 6.60. The summed E-state index contributed by atoms with van der Waals surface area (Å²) in [6.45, 7) is 0. The molecule has 0 radical (unpaired) electrons. The van der Waals surface area contributed by atoms with Gasteiger partial charge in [0.05, 0.1) is 6.10 Å². The maximum absolute atomic E-state index is 10.5. The van der Waals surface area contributed by atoms with E-state index in [2.05, 4.69) is 15.9 Å². The molecule has 0 aliphatic rings. The van der Waals surface area contributed by atoms with Crippen LogP contribution in [0.1, 0.15) is 11.7 Å². The number of benzene rings is 1. The van der Waals surface area contributed by atoms with E-state index in [9.17, 15) is 13.5 Å². The second-order valence-electron chi connectivity index (χ2n) is 2.82. The highest BCUT2D eigenvalue weighted by Crippen LogP contribution is 2.18. The van der Waals surface area contributed by atoms with E-state index in [-0.39, 0.29) is 0 Å². The SMILES string of the molecule is O=S(=O)(O)CC(O)c1cccc(Br)c1. The monoisotopic (exact) mass is 280 g/mol. The van der Waals surface area contributed by atoms with Crippen molar-refractivity contribution in [1.29, 1.82) is 0 Å². The highest BCUT2D eigenvalue weighted by molar-refractivity contribution is 9.10. The van der Waals surface area contributed by atoms with Crippen molar-refractivity contribution in [3.63, 3.8) is 0 Å². The van der Waals surface area contributed by atoms with Gasteiger partial charge in [0, 0.05) is 4.47 Å². The molecule has 0 aromatic heterocycles. The number of hydrogen-bond acceptors (Lipinski definition) is 3. The van der Waals surface area contributed by atoms with Crippen LogP contribution in [0.2, 0.25) is 0 Å². The molecule has 0 fully saturated rings. The minimum atomic E-state index is -4.15. The summed E-state index contributed by atoms with van der Waals surface area (Å²) < 4.78 is 30.2. The van der Waals surface area contributed by atoms with Gasteiger partial charge in [-0.15, -0.1) is 0 Å². The van der Waals surface area contributed by atoms with Gasteiger partial charge in [-0.3, -0.25) is 4.55 Å². The Bertz CT molecular complexity index is 415. The van der Waals surface area contributed by atoms with Crippen molar-refractivity contribution >= 4 is 26.0 Å². The normalized spacial score (nSPS) is 13.9. The highest BCUT2D eigenvalue weighted by Gasteiger charge is 2.15. The van der Waals surface area contributed by atoms with Crippen LogP contribution in [0.5, 0.6) is 0 Å². The van der Waals surface area contributed by atoms with Crippen LogP contribution in [-0.4, -0.2) is 23.8 Å². The average Bonchev–Trinajstić information content (AvgIpc) is 2.01. The predicted octanol–water partition coefficient (Wildman–Crippen LogP) is 1.37. The van der Waals surface area contributed by atoms with Gasteiger partial charge in [-0.05, 0) is 17.7 Å². The Morgan fingerprint density at radius 1 is 1.43 bits per heavy atom. The van der Waals surface area contributed by atoms with Gasteiger partial charge in [-0.1, -0.05) is 28.1 Å². The first-order valence-electron chi connectivity index (χ1n) is 3.77. The van der Waals surface area contributed by atoms with Gasteiger partial charge in [0.25, 0.3) is 10.1 Å². The lowest BCUT2D eigenvalue weighted by molar-refractivity contribution is 0.199. The summed E-state index contributed by atoms with van der Waals surface area (Å²) in [6.07, 6.45) is -1.21. The van der Waals surface area contributed by atoms with E-state index in [1.54, 1.807) is 24.3 Å². The molecule has 6 heteroatoms. The zero-order valence-corrected chi connectivity index (χ0v) is 9.49. The van der Waals surface area contributed by atoms with Gasteiger partial charge in [0.1, 0.15) is 5.75 Å². The largest absolute Gasteiger partial charge is 0.387 e.